The lowest BCUT2D eigenvalue weighted by atomic mass is 10.2. The maximum absolute atomic E-state index is 5.95. The molecule has 0 atom stereocenters. The van der Waals surface area contributed by atoms with E-state index in [-0.39, 0.29) is 0 Å². The molecule has 4 rings (SSSR count). The minimum absolute atomic E-state index is 0.701. The van der Waals surface area contributed by atoms with Gasteiger partial charge in [0, 0.05) is 30.4 Å². The molecule has 0 aliphatic carbocycles. The summed E-state index contributed by atoms with van der Waals surface area (Å²) in [7, 11) is 0. The van der Waals surface area contributed by atoms with Crippen molar-refractivity contribution >= 4 is 34.4 Å². The van der Waals surface area contributed by atoms with Crippen molar-refractivity contribution in [2.24, 2.45) is 0 Å². The van der Waals surface area contributed by atoms with Crippen molar-refractivity contribution in [1.29, 1.82) is 0 Å². The van der Waals surface area contributed by atoms with Crippen LogP contribution in [0.25, 0.3) is 11.0 Å². The van der Waals surface area contributed by atoms with Crippen LogP contribution in [-0.2, 0) is 6.54 Å². The van der Waals surface area contributed by atoms with E-state index in [9.17, 15) is 0 Å². The van der Waals surface area contributed by atoms with Crippen LogP contribution in [0.2, 0.25) is 5.02 Å². The summed E-state index contributed by atoms with van der Waals surface area (Å²) < 4.78 is 0. The quantitative estimate of drug-likeness (QED) is 0.749. The summed E-state index contributed by atoms with van der Waals surface area (Å²) in [6.45, 7) is 4.80. The number of benzene rings is 1. The minimum Gasteiger partial charge on any atom is -0.365 e. The van der Waals surface area contributed by atoms with Gasteiger partial charge in [0.15, 0.2) is 0 Å². The van der Waals surface area contributed by atoms with Crippen LogP contribution in [0.15, 0.2) is 30.3 Å². The van der Waals surface area contributed by atoms with Gasteiger partial charge in [-0.15, -0.1) is 0 Å². The predicted octanol–water partition coefficient (Wildman–Crippen LogP) is 4.13. The van der Waals surface area contributed by atoms with Gasteiger partial charge in [-0.3, -0.25) is 0 Å². The molecule has 0 saturated carbocycles. The van der Waals surface area contributed by atoms with E-state index in [0.717, 1.165) is 46.6 Å². The fraction of sp³-hybridized carbons (Fsp3) is 0.333. The van der Waals surface area contributed by atoms with Gasteiger partial charge >= 0.3 is 0 Å². The molecule has 5 nitrogen and oxygen atoms in total. The summed E-state index contributed by atoms with van der Waals surface area (Å²) in [4.78, 5) is 15.1. The Bertz CT molecular complexity index is 850. The fourth-order valence-electron chi connectivity index (χ4n) is 3.11. The molecule has 0 radical (unpaired) electrons. The molecule has 1 aromatic carbocycles. The molecule has 1 fully saturated rings. The number of rotatable bonds is 4. The SMILES string of the molecule is Cc1cc2c(NCc3ccc(Cl)cc3)nc(N3CCCC3)nc2[nH]1. The highest BCUT2D eigenvalue weighted by molar-refractivity contribution is 6.30. The highest BCUT2D eigenvalue weighted by Crippen LogP contribution is 2.26. The van der Waals surface area contributed by atoms with Crippen LogP contribution in [0.1, 0.15) is 24.1 Å². The standard InChI is InChI=1S/C18H20ClN5/c1-12-10-15-16(20-11-13-4-6-14(19)7-5-13)22-18(23-17(15)21-12)24-8-2-3-9-24/h4-7,10H,2-3,8-9,11H2,1H3,(H2,20,21,22,23). The van der Waals surface area contributed by atoms with Gasteiger partial charge in [-0.05, 0) is 43.5 Å². The zero-order valence-electron chi connectivity index (χ0n) is 13.6. The van der Waals surface area contributed by atoms with E-state index in [0.29, 0.717) is 6.54 Å². The molecule has 0 spiro atoms. The maximum atomic E-state index is 5.95. The zero-order valence-corrected chi connectivity index (χ0v) is 14.4. The lowest BCUT2D eigenvalue weighted by Gasteiger charge is -2.16. The number of hydrogen-bond donors (Lipinski definition) is 2. The van der Waals surface area contributed by atoms with E-state index in [2.05, 4.69) is 21.3 Å². The molecule has 0 bridgehead atoms. The number of H-pyrrole nitrogens is 1. The summed E-state index contributed by atoms with van der Waals surface area (Å²) in [6, 6.07) is 9.96. The third-order valence-corrected chi connectivity index (χ3v) is 4.62. The van der Waals surface area contributed by atoms with Gasteiger partial charge in [0.1, 0.15) is 11.5 Å². The molecule has 1 aliphatic rings. The number of halogens is 1. The van der Waals surface area contributed by atoms with Crippen LogP contribution in [0.3, 0.4) is 0 Å². The maximum Gasteiger partial charge on any atom is 0.229 e. The van der Waals surface area contributed by atoms with E-state index in [1.165, 1.54) is 18.4 Å². The number of nitrogens with zero attached hydrogens (tertiary/aromatic N) is 3. The molecule has 124 valence electrons. The first kappa shape index (κ1) is 15.3. The molecule has 3 heterocycles. The average Bonchev–Trinajstić information content (AvgIpc) is 3.22. The topological polar surface area (TPSA) is 56.8 Å². The van der Waals surface area contributed by atoms with E-state index in [1.807, 2.05) is 31.2 Å². The number of fused-ring (bicyclic) bond motifs is 1. The first-order valence-electron chi connectivity index (χ1n) is 8.30. The summed E-state index contributed by atoms with van der Waals surface area (Å²) in [5, 5.41) is 5.24. The molecule has 3 aromatic rings. The first-order chi connectivity index (χ1) is 11.7. The van der Waals surface area contributed by atoms with E-state index in [4.69, 9.17) is 21.6 Å². The Balaban J connectivity index is 1.65. The number of nitrogens with one attached hydrogen (secondary N) is 2. The second-order valence-corrected chi connectivity index (χ2v) is 6.70. The van der Waals surface area contributed by atoms with Gasteiger partial charge in [0.05, 0.1) is 5.39 Å². The van der Waals surface area contributed by atoms with Crippen LogP contribution in [0, 0.1) is 6.92 Å². The van der Waals surface area contributed by atoms with Crippen LogP contribution in [0.4, 0.5) is 11.8 Å². The third-order valence-electron chi connectivity index (χ3n) is 4.37. The summed E-state index contributed by atoms with van der Waals surface area (Å²) in [5.74, 6) is 1.68. The molecule has 2 N–H and O–H groups in total. The third kappa shape index (κ3) is 3.04. The largest absolute Gasteiger partial charge is 0.365 e. The van der Waals surface area contributed by atoms with Crippen LogP contribution in [0.5, 0.6) is 0 Å². The van der Waals surface area contributed by atoms with Crippen molar-refractivity contribution in [2.75, 3.05) is 23.3 Å². The van der Waals surface area contributed by atoms with E-state index < -0.39 is 0 Å². The molecular formula is C18H20ClN5. The normalized spacial score (nSPS) is 14.5. The fourth-order valence-corrected chi connectivity index (χ4v) is 3.24. The van der Waals surface area contributed by atoms with E-state index in [1.54, 1.807) is 0 Å². The smallest absolute Gasteiger partial charge is 0.229 e. The molecule has 0 unspecified atom stereocenters. The predicted molar refractivity (Wildman–Crippen MR) is 98.9 cm³/mol. The van der Waals surface area contributed by atoms with Crippen molar-refractivity contribution in [3.63, 3.8) is 0 Å². The monoisotopic (exact) mass is 341 g/mol. The Morgan fingerprint density at radius 3 is 2.67 bits per heavy atom. The molecule has 6 heteroatoms. The molecule has 24 heavy (non-hydrogen) atoms. The van der Waals surface area contributed by atoms with Gasteiger partial charge in [0.2, 0.25) is 5.95 Å². The molecule has 0 amide bonds. The Morgan fingerprint density at radius 2 is 1.92 bits per heavy atom. The lowest BCUT2D eigenvalue weighted by molar-refractivity contribution is 0.903. The van der Waals surface area contributed by atoms with E-state index >= 15 is 0 Å². The summed E-state index contributed by atoms with van der Waals surface area (Å²) >= 11 is 5.95. The summed E-state index contributed by atoms with van der Waals surface area (Å²) in [6.07, 6.45) is 2.41. The van der Waals surface area contributed by atoms with Crippen molar-refractivity contribution in [3.05, 3.63) is 46.6 Å². The van der Waals surface area contributed by atoms with Gasteiger partial charge in [-0.2, -0.15) is 9.97 Å². The van der Waals surface area contributed by atoms with Crippen LogP contribution in [-0.4, -0.2) is 28.0 Å². The zero-order chi connectivity index (χ0) is 16.5. The first-order valence-corrected chi connectivity index (χ1v) is 8.67. The Kier molecular flexibility index (Phi) is 4.02. The van der Waals surface area contributed by atoms with Crippen LogP contribution >= 0.6 is 11.6 Å². The Hall–Kier alpha value is -2.27. The number of aromatic nitrogens is 3. The van der Waals surface area contributed by atoms with Crippen molar-refractivity contribution < 1.29 is 0 Å². The highest BCUT2D eigenvalue weighted by atomic mass is 35.5. The number of anilines is 2. The second kappa shape index (κ2) is 6.32. The minimum atomic E-state index is 0.701. The summed E-state index contributed by atoms with van der Waals surface area (Å²) in [5.41, 5.74) is 3.15. The molecule has 1 saturated heterocycles. The number of hydrogen-bond acceptors (Lipinski definition) is 4. The molecular weight excluding hydrogens is 322 g/mol. The van der Waals surface area contributed by atoms with Crippen molar-refractivity contribution in [1.82, 2.24) is 15.0 Å². The van der Waals surface area contributed by atoms with Gasteiger partial charge in [-0.25, -0.2) is 0 Å². The molecule has 1 aliphatic heterocycles. The van der Waals surface area contributed by atoms with Crippen molar-refractivity contribution in [2.45, 2.75) is 26.3 Å². The molecule has 2 aromatic heterocycles. The Morgan fingerprint density at radius 1 is 1.17 bits per heavy atom. The van der Waals surface area contributed by atoms with Gasteiger partial charge in [-0.1, -0.05) is 23.7 Å². The number of aromatic amines is 1. The van der Waals surface area contributed by atoms with Gasteiger partial charge in [0.25, 0.3) is 0 Å². The average molecular weight is 342 g/mol. The second-order valence-electron chi connectivity index (χ2n) is 6.26. The van der Waals surface area contributed by atoms with Crippen LogP contribution < -0.4 is 10.2 Å². The number of aryl methyl sites for hydroxylation is 1. The Labute approximate surface area is 146 Å². The van der Waals surface area contributed by atoms with Crippen molar-refractivity contribution in [3.8, 4) is 0 Å². The highest BCUT2D eigenvalue weighted by Gasteiger charge is 2.18. The van der Waals surface area contributed by atoms with Gasteiger partial charge < -0.3 is 15.2 Å². The lowest BCUT2D eigenvalue weighted by Crippen LogP contribution is -2.21.